The Balaban J connectivity index is 1.66. The third kappa shape index (κ3) is 3.66. The first-order chi connectivity index (χ1) is 12.6. The largest absolute Gasteiger partial charge is 0.497 e. The molecule has 1 heterocycles. The van der Waals surface area contributed by atoms with Gasteiger partial charge in [-0.1, -0.05) is 24.3 Å². The van der Waals surface area contributed by atoms with Crippen molar-refractivity contribution in [2.24, 2.45) is 7.05 Å². The highest BCUT2D eigenvalue weighted by Crippen LogP contribution is 2.18. The van der Waals surface area contributed by atoms with Gasteiger partial charge in [0.05, 0.1) is 19.0 Å². The normalized spacial score (nSPS) is 10.5. The molecule has 0 spiro atoms. The Morgan fingerprint density at radius 2 is 1.85 bits per heavy atom. The van der Waals surface area contributed by atoms with E-state index in [1.165, 1.54) is 11.7 Å². The van der Waals surface area contributed by atoms with Gasteiger partial charge in [0.25, 0.3) is 11.5 Å². The van der Waals surface area contributed by atoms with Crippen LogP contribution in [-0.4, -0.2) is 35.9 Å². The number of methoxy groups -OCH3 is 1. The Morgan fingerprint density at radius 3 is 2.62 bits per heavy atom. The Bertz CT molecular complexity index is 997. The van der Waals surface area contributed by atoms with Gasteiger partial charge in [-0.25, -0.2) is 4.68 Å². The Labute approximate surface area is 150 Å². The van der Waals surface area contributed by atoms with E-state index in [9.17, 15) is 9.59 Å². The first-order valence-electron chi connectivity index (χ1n) is 8.11. The quantitative estimate of drug-likeness (QED) is 0.683. The minimum absolute atomic E-state index is 0.212. The lowest BCUT2D eigenvalue weighted by Crippen LogP contribution is -2.32. The van der Waals surface area contributed by atoms with Gasteiger partial charge < -0.3 is 14.8 Å². The van der Waals surface area contributed by atoms with Crippen LogP contribution in [0.4, 0.5) is 0 Å². The molecule has 0 atom stereocenters. The van der Waals surface area contributed by atoms with E-state index < -0.39 is 0 Å². The van der Waals surface area contributed by atoms with Crippen LogP contribution in [0.2, 0.25) is 0 Å². The predicted molar refractivity (Wildman–Crippen MR) is 97.8 cm³/mol. The van der Waals surface area contributed by atoms with Gasteiger partial charge in [-0.05, 0) is 18.2 Å². The summed E-state index contributed by atoms with van der Waals surface area (Å²) in [6, 6.07) is 14.2. The van der Waals surface area contributed by atoms with E-state index in [2.05, 4.69) is 10.4 Å². The third-order valence-electron chi connectivity index (χ3n) is 3.87. The van der Waals surface area contributed by atoms with Crippen LogP contribution in [0, 0.1) is 0 Å². The zero-order chi connectivity index (χ0) is 18.5. The van der Waals surface area contributed by atoms with E-state index in [4.69, 9.17) is 9.47 Å². The summed E-state index contributed by atoms with van der Waals surface area (Å²) in [5.74, 6) is 1.00. The van der Waals surface area contributed by atoms with Crippen molar-refractivity contribution in [1.82, 2.24) is 15.1 Å². The maximum Gasteiger partial charge on any atom is 0.274 e. The number of carbonyl (C=O) groups excluding carboxylic acids is 1. The molecule has 1 aromatic heterocycles. The first-order valence-corrected chi connectivity index (χ1v) is 8.11. The van der Waals surface area contributed by atoms with E-state index in [-0.39, 0.29) is 17.2 Å². The number of benzene rings is 2. The van der Waals surface area contributed by atoms with Crippen molar-refractivity contribution in [2.75, 3.05) is 20.3 Å². The van der Waals surface area contributed by atoms with Crippen LogP contribution in [0.5, 0.6) is 11.5 Å². The predicted octanol–water partition coefficient (Wildman–Crippen LogP) is 1.75. The molecule has 2 aromatic carbocycles. The minimum atomic E-state index is -0.356. The Hall–Kier alpha value is -3.35. The molecule has 134 valence electrons. The monoisotopic (exact) mass is 353 g/mol. The number of hydrogen-bond acceptors (Lipinski definition) is 5. The summed E-state index contributed by atoms with van der Waals surface area (Å²) in [5, 5.41) is 7.85. The number of carbonyl (C=O) groups is 1. The molecular weight excluding hydrogens is 334 g/mol. The van der Waals surface area contributed by atoms with Crippen LogP contribution in [0.3, 0.4) is 0 Å². The molecule has 7 nitrogen and oxygen atoms in total. The molecule has 1 N–H and O–H groups in total. The highest BCUT2D eigenvalue weighted by Gasteiger charge is 2.15. The van der Waals surface area contributed by atoms with Crippen LogP contribution < -0.4 is 20.3 Å². The fourth-order valence-corrected chi connectivity index (χ4v) is 2.58. The van der Waals surface area contributed by atoms with Crippen LogP contribution >= 0.6 is 0 Å². The lowest BCUT2D eigenvalue weighted by atomic mass is 10.1. The molecule has 1 amide bonds. The molecule has 0 saturated heterocycles. The summed E-state index contributed by atoms with van der Waals surface area (Å²) in [6.45, 7) is 0.595. The maximum absolute atomic E-state index is 12.5. The molecule has 0 bridgehead atoms. The molecule has 7 heteroatoms. The van der Waals surface area contributed by atoms with E-state index in [1.54, 1.807) is 37.4 Å². The summed E-state index contributed by atoms with van der Waals surface area (Å²) < 4.78 is 11.9. The van der Waals surface area contributed by atoms with Crippen molar-refractivity contribution in [3.8, 4) is 11.5 Å². The second-order valence-corrected chi connectivity index (χ2v) is 5.61. The van der Waals surface area contributed by atoms with E-state index in [0.717, 1.165) is 0 Å². The van der Waals surface area contributed by atoms with Gasteiger partial charge >= 0.3 is 0 Å². The van der Waals surface area contributed by atoms with E-state index >= 15 is 0 Å². The molecule has 0 radical (unpaired) electrons. The fourth-order valence-electron chi connectivity index (χ4n) is 2.58. The summed E-state index contributed by atoms with van der Waals surface area (Å²) in [5.41, 5.74) is -0.0254. The average Bonchev–Trinajstić information content (AvgIpc) is 2.68. The lowest BCUT2D eigenvalue weighted by Gasteiger charge is -2.10. The number of amides is 1. The highest BCUT2D eigenvalue weighted by molar-refractivity contribution is 6.04. The molecule has 0 aliphatic carbocycles. The second kappa shape index (κ2) is 7.69. The highest BCUT2D eigenvalue weighted by atomic mass is 16.5. The molecular formula is C19H19N3O4. The third-order valence-corrected chi connectivity index (χ3v) is 3.87. The summed E-state index contributed by atoms with van der Waals surface area (Å²) >= 11 is 0. The van der Waals surface area contributed by atoms with Crippen molar-refractivity contribution < 1.29 is 14.3 Å². The van der Waals surface area contributed by atoms with E-state index in [0.29, 0.717) is 35.4 Å². The molecule has 3 rings (SSSR count). The number of fused-ring (bicyclic) bond motifs is 1. The fraction of sp³-hybridized carbons (Fsp3) is 0.211. The van der Waals surface area contributed by atoms with Crippen LogP contribution in [0.25, 0.3) is 10.8 Å². The second-order valence-electron chi connectivity index (χ2n) is 5.61. The van der Waals surface area contributed by atoms with Gasteiger partial charge in [-0.3, -0.25) is 9.59 Å². The number of aryl methyl sites for hydroxylation is 1. The van der Waals surface area contributed by atoms with Gasteiger partial charge in [0.1, 0.15) is 18.1 Å². The van der Waals surface area contributed by atoms with Gasteiger partial charge in [-0.15, -0.1) is 0 Å². The molecule has 0 aliphatic rings. The van der Waals surface area contributed by atoms with E-state index in [1.807, 2.05) is 18.2 Å². The van der Waals surface area contributed by atoms with Crippen molar-refractivity contribution in [3.63, 3.8) is 0 Å². The zero-order valence-electron chi connectivity index (χ0n) is 14.6. The number of rotatable bonds is 6. The lowest BCUT2D eigenvalue weighted by molar-refractivity contribution is 0.0941. The molecule has 0 unspecified atom stereocenters. The average molecular weight is 353 g/mol. The van der Waals surface area contributed by atoms with Gasteiger partial charge in [0.2, 0.25) is 0 Å². The number of hydrogen-bond donors (Lipinski definition) is 1. The summed E-state index contributed by atoms with van der Waals surface area (Å²) in [4.78, 5) is 24.6. The number of nitrogens with one attached hydrogen (secondary N) is 1. The van der Waals surface area contributed by atoms with Crippen molar-refractivity contribution >= 4 is 16.7 Å². The zero-order valence-corrected chi connectivity index (χ0v) is 14.6. The van der Waals surface area contributed by atoms with Crippen LogP contribution in [0.1, 0.15) is 10.5 Å². The molecule has 26 heavy (non-hydrogen) atoms. The Kier molecular flexibility index (Phi) is 5.17. The van der Waals surface area contributed by atoms with Gasteiger partial charge in [0, 0.05) is 18.5 Å². The van der Waals surface area contributed by atoms with Crippen molar-refractivity contribution in [3.05, 3.63) is 64.6 Å². The molecule has 0 fully saturated rings. The minimum Gasteiger partial charge on any atom is -0.497 e. The molecule has 0 aliphatic heterocycles. The molecule has 0 saturated carbocycles. The van der Waals surface area contributed by atoms with Gasteiger partial charge in [0.15, 0.2) is 5.69 Å². The van der Waals surface area contributed by atoms with Crippen LogP contribution in [-0.2, 0) is 7.05 Å². The topological polar surface area (TPSA) is 82.4 Å². The number of aromatic nitrogens is 2. The van der Waals surface area contributed by atoms with Crippen LogP contribution in [0.15, 0.2) is 53.3 Å². The van der Waals surface area contributed by atoms with Gasteiger partial charge in [-0.2, -0.15) is 5.10 Å². The maximum atomic E-state index is 12.5. The van der Waals surface area contributed by atoms with Crippen molar-refractivity contribution in [1.29, 1.82) is 0 Å². The number of ether oxygens (including phenoxy) is 2. The Morgan fingerprint density at radius 1 is 1.12 bits per heavy atom. The summed E-state index contributed by atoms with van der Waals surface area (Å²) in [6.07, 6.45) is 0. The summed E-state index contributed by atoms with van der Waals surface area (Å²) in [7, 11) is 3.11. The number of nitrogens with zero attached hydrogens (tertiary/aromatic N) is 2. The first kappa shape index (κ1) is 17.5. The molecule has 3 aromatic rings. The van der Waals surface area contributed by atoms with Crippen molar-refractivity contribution in [2.45, 2.75) is 0 Å². The standard InChI is InChI=1S/C19H19N3O4/c1-22-19(24)16-9-4-3-8-15(16)17(21-22)18(23)20-10-11-26-14-7-5-6-13(12-14)25-2/h3-9,12H,10-11H2,1-2H3,(H,20,23). The SMILES string of the molecule is COc1cccc(OCCNC(=O)c2nn(C)c(=O)c3ccccc23)c1. The smallest absolute Gasteiger partial charge is 0.274 e.